The monoisotopic (exact) mass is 405 g/mol. The lowest BCUT2D eigenvalue weighted by Gasteiger charge is -2.35. The van der Waals surface area contributed by atoms with E-state index in [9.17, 15) is 14.0 Å². The average Bonchev–Trinajstić information content (AvgIpc) is 2.71. The smallest absolute Gasteiger partial charge is 0.319 e. The quantitative estimate of drug-likeness (QED) is 0.801. The van der Waals surface area contributed by atoms with E-state index >= 15 is 0 Å². The van der Waals surface area contributed by atoms with Crippen molar-refractivity contribution in [2.24, 2.45) is 0 Å². The molecule has 0 unspecified atom stereocenters. The number of hydrogen-bond acceptors (Lipinski definition) is 4. The fourth-order valence-electron chi connectivity index (χ4n) is 2.92. The van der Waals surface area contributed by atoms with Crippen LogP contribution >= 0.6 is 11.6 Å². The van der Waals surface area contributed by atoms with E-state index in [1.165, 1.54) is 12.1 Å². The highest BCUT2D eigenvalue weighted by molar-refractivity contribution is 6.30. The zero-order chi connectivity index (χ0) is 19.9. The second kappa shape index (κ2) is 9.36. The van der Waals surface area contributed by atoms with Gasteiger partial charge in [0.25, 0.3) is 0 Å². The van der Waals surface area contributed by atoms with Gasteiger partial charge in [-0.1, -0.05) is 17.7 Å². The van der Waals surface area contributed by atoms with Crippen LogP contribution in [0.1, 0.15) is 6.42 Å². The van der Waals surface area contributed by atoms with Gasteiger partial charge in [0.05, 0.1) is 5.02 Å². The van der Waals surface area contributed by atoms with Crippen molar-refractivity contribution in [2.75, 3.05) is 42.9 Å². The number of amides is 3. The molecule has 1 aliphatic heterocycles. The van der Waals surface area contributed by atoms with Crippen LogP contribution in [-0.4, -0.2) is 54.5 Å². The first-order valence-corrected chi connectivity index (χ1v) is 9.34. The number of halogens is 2. The molecule has 0 saturated carbocycles. The molecule has 1 aromatic carbocycles. The van der Waals surface area contributed by atoms with Crippen LogP contribution in [0.3, 0.4) is 0 Å². The molecular weight excluding hydrogens is 385 g/mol. The Hall–Kier alpha value is -2.87. The molecule has 1 aromatic heterocycles. The van der Waals surface area contributed by atoms with Gasteiger partial charge in [0.2, 0.25) is 5.91 Å². The molecule has 2 heterocycles. The van der Waals surface area contributed by atoms with Crippen molar-refractivity contribution >= 4 is 35.0 Å². The largest absolute Gasteiger partial charge is 0.353 e. The van der Waals surface area contributed by atoms with Crippen molar-refractivity contribution in [3.05, 3.63) is 53.4 Å². The van der Waals surface area contributed by atoms with Crippen LogP contribution in [0.2, 0.25) is 5.02 Å². The summed E-state index contributed by atoms with van der Waals surface area (Å²) in [6, 6.07) is 9.25. The number of anilines is 2. The normalized spacial score (nSPS) is 13.9. The third-order valence-corrected chi connectivity index (χ3v) is 4.71. The number of carbonyl (C=O) groups is 2. The fraction of sp³-hybridized carbons (Fsp3) is 0.316. The Labute approximate surface area is 167 Å². The zero-order valence-corrected chi connectivity index (χ0v) is 16.0. The maximum Gasteiger partial charge on any atom is 0.319 e. The van der Waals surface area contributed by atoms with Gasteiger partial charge in [-0.15, -0.1) is 0 Å². The number of nitrogens with one attached hydrogen (secondary N) is 2. The number of aromatic nitrogens is 1. The molecule has 2 aromatic rings. The molecule has 0 aliphatic carbocycles. The number of rotatable bonds is 5. The summed E-state index contributed by atoms with van der Waals surface area (Å²) in [5.74, 6) is 0.282. The summed E-state index contributed by atoms with van der Waals surface area (Å²) in [5.41, 5.74) is 0.288. The molecule has 0 spiro atoms. The maximum atomic E-state index is 13.4. The van der Waals surface area contributed by atoms with Crippen molar-refractivity contribution in [1.82, 2.24) is 15.2 Å². The maximum absolute atomic E-state index is 13.4. The molecule has 1 saturated heterocycles. The Morgan fingerprint density at radius 1 is 1.14 bits per heavy atom. The third-order valence-electron chi connectivity index (χ3n) is 4.41. The van der Waals surface area contributed by atoms with Gasteiger partial charge in [-0.25, -0.2) is 14.2 Å². The number of hydrogen-bond donors (Lipinski definition) is 2. The molecule has 1 aliphatic rings. The van der Waals surface area contributed by atoms with Crippen LogP contribution in [0.4, 0.5) is 20.7 Å². The van der Waals surface area contributed by atoms with Crippen LogP contribution in [0.15, 0.2) is 42.6 Å². The van der Waals surface area contributed by atoms with Crippen molar-refractivity contribution in [1.29, 1.82) is 0 Å². The first-order chi connectivity index (χ1) is 13.5. The van der Waals surface area contributed by atoms with Crippen LogP contribution in [-0.2, 0) is 4.79 Å². The Morgan fingerprint density at radius 2 is 1.93 bits per heavy atom. The van der Waals surface area contributed by atoms with Crippen molar-refractivity contribution in [3.8, 4) is 0 Å². The molecule has 0 atom stereocenters. The predicted molar refractivity (Wildman–Crippen MR) is 106 cm³/mol. The summed E-state index contributed by atoms with van der Waals surface area (Å²) in [4.78, 5) is 32.4. The number of piperazine rings is 1. The van der Waals surface area contributed by atoms with Crippen molar-refractivity contribution in [3.63, 3.8) is 0 Å². The predicted octanol–water partition coefficient (Wildman–Crippen LogP) is 2.73. The van der Waals surface area contributed by atoms with Gasteiger partial charge in [0, 0.05) is 51.0 Å². The number of pyridine rings is 1. The Kier molecular flexibility index (Phi) is 6.65. The molecule has 3 rings (SSSR count). The highest BCUT2D eigenvalue weighted by atomic mass is 35.5. The lowest BCUT2D eigenvalue weighted by Crippen LogP contribution is -2.49. The zero-order valence-electron chi connectivity index (χ0n) is 15.2. The standard InChI is InChI=1S/C19H21ClFN5O2/c20-15-5-4-14(13-16(15)21)24-19(28)23-8-6-18(27)26-11-9-25(10-12-26)17-3-1-2-7-22-17/h1-5,7,13H,6,8-12H2,(H2,23,24,28). The summed E-state index contributed by atoms with van der Waals surface area (Å²) in [5, 5.41) is 5.08. The second-order valence-electron chi connectivity index (χ2n) is 6.32. The molecule has 28 heavy (non-hydrogen) atoms. The van der Waals surface area contributed by atoms with Gasteiger partial charge in [-0.05, 0) is 30.3 Å². The lowest BCUT2D eigenvalue weighted by atomic mass is 10.2. The SMILES string of the molecule is O=C(NCCC(=O)N1CCN(c2ccccn2)CC1)Nc1ccc(Cl)c(F)c1. The molecular formula is C19H21ClFN5O2. The van der Waals surface area contributed by atoms with E-state index in [1.807, 2.05) is 18.2 Å². The van der Waals surface area contributed by atoms with Gasteiger partial charge >= 0.3 is 6.03 Å². The van der Waals surface area contributed by atoms with E-state index in [0.29, 0.717) is 13.1 Å². The lowest BCUT2D eigenvalue weighted by molar-refractivity contribution is -0.131. The fourth-order valence-corrected chi connectivity index (χ4v) is 3.03. The first-order valence-electron chi connectivity index (χ1n) is 8.96. The number of carbonyl (C=O) groups excluding carboxylic acids is 2. The number of urea groups is 1. The second-order valence-corrected chi connectivity index (χ2v) is 6.72. The van der Waals surface area contributed by atoms with Crippen molar-refractivity contribution < 1.29 is 14.0 Å². The first kappa shape index (κ1) is 19.9. The number of benzene rings is 1. The van der Waals surface area contributed by atoms with Gasteiger partial charge < -0.3 is 20.4 Å². The minimum absolute atomic E-state index is 0.0142. The van der Waals surface area contributed by atoms with E-state index < -0.39 is 11.8 Å². The van der Waals surface area contributed by atoms with Gasteiger partial charge in [-0.2, -0.15) is 0 Å². The van der Waals surface area contributed by atoms with Crippen LogP contribution < -0.4 is 15.5 Å². The molecule has 0 bridgehead atoms. The minimum atomic E-state index is -0.612. The highest BCUT2D eigenvalue weighted by Gasteiger charge is 2.21. The average molecular weight is 406 g/mol. The van der Waals surface area contributed by atoms with Gasteiger partial charge in [-0.3, -0.25) is 4.79 Å². The topological polar surface area (TPSA) is 77.6 Å². The molecule has 0 radical (unpaired) electrons. The molecule has 3 amide bonds. The molecule has 2 N–H and O–H groups in total. The van der Waals surface area contributed by atoms with Crippen LogP contribution in [0.5, 0.6) is 0 Å². The van der Waals surface area contributed by atoms with Gasteiger partial charge in [0.15, 0.2) is 0 Å². The Morgan fingerprint density at radius 3 is 2.61 bits per heavy atom. The molecule has 9 heteroatoms. The van der Waals surface area contributed by atoms with Gasteiger partial charge in [0.1, 0.15) is 11.6 Å². The molecule has 1 fully saturated rings. The van der Waals surface area contributed by atoms with Crippen LogP contribution in [0, 0.1) is 5.82 Å². The van der Waals surface area contributed by atoms with E-state index in [0.717, 1.165) is 25.0 Å². The number of nitrogens with zero attached hydrogens (tertiary/aromatic N) is 3. The van der Waals surface area contributed by atoms with Crippen molar-refractivity contribution in [2.45, 2.75) is 6.42 Å². The van der Waals surface area contributed by atoms with Crippen LogP contribution in [0.25, 0.3) is 0 Å². The van der Waals surface area contributed by atoms with E-state index in [4.69, 9.17) is 11.6 Å². The van der Waals surface area contributed by atoms with E-state index in [2.05, 4.69) is 20.5 Å². The summed E-state index contributed by atoms with van der Waals surface area (Å²) in [7, 11) is 0. The molecule has 148 valence electrons. The van der Waals surface area contributed by atoms with E-state index in [1.54, 1.807) is 11.1 Å². The highest BCUT2D eigenvalue weighted by Crippen LogP contribution is 2.18. The Balaban J connectivity index is 1.37. The minimum Gasteiger partial charge on any atom is -0.353 e. The summed E-state index contributed by atoms with van der Waals surface area (Å²) in [6.45, 7) is 2.87. The summed E-state index contributed by atoms with van der Waals surface area (Å²) >= 11 is 5.60. The summed E-state index contributed by atoms with van der Waals surface area (Å²) in [6.07, 6.45) is 1.95. The summed E-state index contributed by atoms with van der Waals surface area (Å²) < 4.78 is 13.4. The Bertz CT molecular complexity index is 828. The van der Waals surface area contributed by atoms with E-state index in [-0.39, 0.29) is 29.6 Å². The third kappa shape index (κ3) is 5.32. The molecule has 7 nitrogen and oxygen atoms in total.